The Hall–Kier alpha value is -1.14. The van der Waals surface area contributed by atoms with Gasteiger partial charge in [0.2, 0.25) is 0 Å². The van der Waals surface area contributed by atoms with Crippen LogP contribution < -0.4 is 5.32 Å². The maximum atomic E-state index is 11.0. The average Bonchev–Trinajstić information content (AvgIpc) is 2.22. The van der Waals surface area contributed by atoms with Crippen LogP contribution in [-0.2, 0) is 19.1 Å². The predicted molar refractivity (Wildman–Crippen MR) is 52.1 cm³/mol. The normalized spacial score (nSPS) is 14.1. The van der Waals surface area contributed by atoms with Crippen LogP contribution in [0.5, 0.6) is 0 Å². The number of nitrogens with one attached hydrogen (secondary N) is 1. The Morgan fingerprint density at radius 3 is 2.40 bits per heavy atom. The molecule has 88 valence electrons. The summed E-state index contributed by atoms with van der Waals surface area (Å²) in [7, 11) is 2.50. The van der Waals surface area contributed by atoms with Crippen LogP contribution in [-0.4, -0.2) is 50.0 Å². The molecule has 6 heteroatoms. The molecule has 15 heavy (non-hydrogen) atoms. The minimum Gasteiger partial charge on any atom is -0.469 e. The fraction of sp³-hybridized carbons (Fsp3) is 0.778. The van der Waals surface area contributed by atoms with Gasteiger partial charge in [-0.05, 0) is 6.92 Å². The van der Waals surface area contributed by atoms with Crippen LogP contribution in [0.25, 0.3) is 0 Å². The number of rotatable bonds is 6. The maximum absolute atomic E-state index is 11.0. The molecule has 0 fully saturated rings. The molecule has 0 aliphatic carbocycles. The molecule has 0 aromatic rings. The molecular formula is C9H17NO5. The van der Waals surface area contributed by atoms with Gasteiger partial charge in [0.05, 0.1) is 20.6 Å². The largest absolute Gasteiger partial charge is 0.469 e. The van der Waals surface area contributed by atoms with E-state index in [1.54, 1.807) is 0 Å². The number of carbonyl (C=O) groups is 2. The topological polar surface area (TPSA) is 84.9 Å². The molecule has 1 unspecified atom stereocenters. The lowest BCUT2D eigenvalue weighted by Gasteiger charge is -2.20. The second-order valence-corrected chi connectivity index (χ2v) is 3.27. The zero-order valence-electron chi connectivity index (χ0n) is 9.20. The number of esters is 2. The molecule has 0 heterocycles. The fourth-order valence-corrected chi connectivity index (χ4v) is 0.916. The molecule has 1 atom stereocenters. The van der Waals surface area contributed by atoms with Crippen molar-refractivity contribution in [2.45, 2.75) is 18.9 Å². The van der Waals surface area contributed by atoms with Crippen molar-refractivity contribution < 1.29 is 24.2 Å². The van der Waals surface area contributed by atoms with E-state index in [2.05, 4.69) is 14.8 Å². The maximum Gasteiger partial charge on any atom is 0.338 e. The van der Waals surface area contributed by atoms with Crippen molar-refractivity contribution in [3.63, 3.8) is 0 Å². The summed E-state index contributed by atoms with van der Waals surface area (Å²) in [5, 5.41) is 12.3. The van der Waals surface area contributed by atoms with E-state index in [0.717, 1.165) is 0 Å². The van der Waals surface area contributed by atoms with Crippen LogP contribution in [0.3, 0.4) is 0 Å². The Balaban J connectivity index is 3.75. The molecular weight excluding hydrogens is 202 g/mol. The predicted octanol–water partition coefficient (Wildman–Crippen LogP) is -0.937. The number of ether oxygens (including phenoxy) is 2. The van der Waals surface area contributed by atoms with E-state index in [1.807, 2.05) is 0 Å². The molecule has 0 aliphatic heterocycles. The van der Waals surface area contributed by atoms with E-state index in [1.165, 1.54) is 21.1 Å². The van der Waals surface area contributed by atoms with Gasteiger partial charge in [0.15, 0.2) is 5.60 Å². The molecule has 0 radical (unpaired) electrons. The van der Waals surface area contributed by atoms with E-state index in [9.17, 15) is 14.7 Å². The van der Waals surface area contributed by atoms with Crippen molar-refractivity contribution in [2.75, 3.05) is 27.3 Å². The zero-order chi connectivity index (χ0) is 11.9. The van der Waals surface area contributed by atoms with Gasteiger partial charge in [0.1, 0.15) is 0 Å². The molecule has 0 aliphatic rings. The van der Waals surface area contributed by atoms with Gasteiger partial charge in [-0.15, -0.1) is 0 Å². The summed E-state index contributed by atoms with van der Waals surface area (Å²) in [4.78, 5) is 21.7. The highest BCUT2D eigenvalue weighted by Gasteiger charge is 2.30. The Morgan fingerprint density at radius 1 is 1.33 bits per heavy atom. The van der Waals surface area contributed by atoms with Crippen LogP contribution in [0.1, 0.15) is 13.3 Å². The lowest BCUT2D eigenvalue weighted by molar-refractivity contribution is -0.159. The van der Waals surface area contributed by atoms with Crippen LogP contribution in [0.4, 0.5) is 0 Å². The Labute approximate surface area is 88.6 Å². The number of hydrogen-bond donors (Lipinski definition) is 2. The monoisotopic (exact) mass is 219 g/mol. The van der Waals surface area contributed by atoms with Crippen molar-refractivity contribution in [3.8, 4) is 0 Å². The number of methoxy groups -OCH3 is 2. The Morgan fingerprint density at radius 2 is 1.93 bits per heavy atom. The lowest BCUT2D eigenvalue weighted by atomic mass is 10.1. The zero-order valence-corrected chi connectivity index (χ0v) is 9.20. The first-order valence-corrected chi connectivity index (χ1v) is 4.52. The number of hydrogen-bond acceptors (Lipinski definition) is 6. The first-order valence-electron chi connectivity index (χ1n) is 4.52. The standard InChI is InChI=1S/C9H17NO5/c1-9(13,8(12)15-3)6-10-5-4-7(11)14-2/h10,13H,4-6H2,1-3H3. The highest BCUT2D eigenvalue weighted by Crippen LogP contribution is 2.03. The van der Waals surface area contributed by atoms with Crippen molar-refractivity contribution in [3.05, 3.63) is 0 Å². The molecule has 0 amide bonds. The third kappa shape index (κ3) is 5.34. The molecule has 2 N–H and O–H groups in total. The van der Waals surface area contributed by atoms with Crippen LogP contribution in [0.15, 0.2) is 0 Å². The van der Waals surface area contributed by atoms with Crippen LogP contribution in [0, 0.1) is 0 Å². The summed E-state index contributed by atoms with van der Waals surface area (Å²) in [5.74, 6) is -1.06. The molecule has 0 aromatic carbocycles. The summed E-state index contributed by atoms with van der Waals surface area (Å²) in [6.07, 6.45) is 0.188. The lowest BCUT2D eigenvalue weighted by Crippen LogP contribution is -2.46. The highest BCUT2D eigenvalue weighted by atomic mass is 16.5. The van der Waals surface area contributed by atoms with Gasteiger partial charge in [-0.25, -0.2) is 4.79 Å². The van der Waals surface area contributed by atoms with Gasteiger partial charge in [-0.3, -0.25) is 4.79 Å². The average molecular weight is 219 g/mol. The molecule has 6 nitrogen and oxygen atoms in total. The van der Waals surface area contributed by atoms with Crippen LogP contribution >= 0.6 is 0 Å². The molecule has 0 bridgehead atoms. The fourth-order valence-electron chi connectivity index (χ4n) is 0.916. The Bertz CT molecular complexity index is 227. The van der Waals surface area contributed by atoms with Gasteiger partial charge in [0.25, 0.3) is 0 Å². The molecule has 0 aromatic heterocycles. The van der Waals surface area contributed by atoms with E-state index in [-0.39, 0.29) is 18.9 Å². The van der Waals surface area contributed by atoms with E-state index < -0.39 is 11.6 Å². The van der Waals surface area contributed by atoms with Crippen molar-refractivity contribution >= 4 is 11.9 Å². The van der Waals surface area contributed by atoms with E-state index in [4.69, 9.17) is 0 Å². The third-order valence-corrected chi connectivity index (χ3v) is 1.83. The number of aliphatic hydroxyl groups is 1. The van der Waals surface area contributed by atoms with Crippen molar-refractivity contribution in [2.24, 2.45) is 0 Å². The first kappa shape index (κ1) is 13.9. The second-order valence-electron chi connectivity index (χ2n) is 3.27. The first-order chi connectivity index (χ1) is 6.94. The summed E-state index contributed by atoms with van der Waals surface area (Å²) in [6, 6.07) is 0. The van der Waals surface area contributed by atoms with Gasteiger partial charge in [0, 0.05) is 13.1 Å². The quantitative estimate of drug-likeness (QED) is 0.443. The van der Waals surface area contributed by atoms with Crippen molar-refractivity contribution in [1.29, 1.82) is 0 Å². The van der Waals surface area contributed by atoms with Gasteiger partial charge >= 0.3 is 11.9 Å². The minimum absolute atomic E-state index is 0.0245. The highest BCUT2D eigenvalue weighted by molar-refractivity contribution is 5.78. The minimum atomic E-state index is -1.58. The van der Waals surface area contributed by atoms with Crippen molar-refractivity contribution in [1.82, 2.24) is 5.32 Å². The summed E-state index contributed by atoms with van der Waals surface area (Å²) >= 11 is 0. The van der Waals surface area contributed by atoms with Crippen LogP contribution in [0.2, 0.25) is 0 Å². The molecule has 0 saturated heterocycles. The second kappa shape index (κ2) is 6.36. The van der Waals surface area contributed by atoms with Gasteiger partial charge in [-0.1, -0.05) is 0 Å². The molecule has 0 rings (SSSR count). The summed E-state index contributed by atoms with van der Waals surface area (Å²) in [6.45, 7) is 1.69. The number of carbonyl (C=O) groups excluding carboxylic acids is 2. The van der Waals surface area contributed by atoms with E-state index in [0.29, 0.717) is 6.54 Å². The summed E-state index contributed by atoms with van der Waals surface area (Å²) < 4.78 is 8.81. The molecule has 0 saturated carbocycles. The van der Waals surface area contributed by atoms with Gasteiger partial charge in [-0.2, -0.15) is 0 Å². The Kier molecular flexibility index (Phi) is 5.88. The third-order valence-electron chi connectivity index (χ3n) is 1.83. The summed E-state index contributed by atoms with van der Waals surface area (Å²) in [5.41, 5.74) is -1.58. The molecule has 0 spiro atoms. The van der Waals surface area contributed by atoms with E-state index >= 15 is 0 Å². The SMILES string of the molecule is COC(=O)CCNCC(C)(O)C(=O)OC. The smallest absolute Gasteiger partial charge is 0.338 e. The van der Waals surface area contributed by atoms with Gasteiger partial charge < -0.3 is 19.9 Å².